The number of aromatic hydroxyl groups is 1. The van der Waals surface area contributed by atoms with Crippen LogP contribution >= 0.6 is 22.6 Å². The summed E-state index contributed by atoms with van der Waals surface area (Å²) in [5.74, 6) is 1.06. The second-order valence-corrected chi connectivity index (χ2v) is 4.46. The van der Waals surface area contributed by atoms with Crippen molar-refractivity contribution < 1.29 is 9.84 Å². The Morgan fingerprint density at radius 1 is 1.57 bits per heavy atom. The molecule has 0 aliphatic heterocycles. The lowest BCUT2D eigenvalue weighted by molar-refractivity contribution is 0.407. The minimum atomic E-state index is 0.0330. The standard InChI is InChI=1S/C10H14INO2/c1-6(12)3-7-4-10(14-2)8(11)5-9(7)13/h4-6,13H,3,12H2,1-2H3/t6-/m1/s1. The maximum atomic E-state index is 9.64. The van der Waals surface area contributed by atoms with Crippen LogP contribution in [0.4, 0.5) is 0 Å². The number of hydrogen-bond donors (Lipinski definition) is 2. The Hall–Kier alpha value is -0.490. The molecule has 0 aliphatic carbocycles. The van der Waals surface area contributed by atoms with Crippen molar-refractivity contribution in [3.05, 3.63) is 21.3 Å². The summed E-state index contributed by atoms with van der Waals surface area (Å²) in [5, 5.41) is 9.64. The molecule has 0 bridgehead atoms. The molecule has 0 aliphatic rings. The smallest absolute Gasteiger partial charge is 0.132 e. The van der Waals surface area contributed by atoms with Crippen LogP contribution in [0.5, 0.6) is 11.5 Å². The molecule has 1 aromatic rings. The molecule has 0 amide bonds. The average molecular weight is 307 g/mol. The van der Waals surface area contributed by atoms with Crippen molar-refractivity contribution >= 4 is 22.6 Å². The number of phenols is 1. The largest absolute Gasteiger partial charge is 0.508 e. The summed E-state index contributed by atoms with van der Waals surface area (Å²) in [4.78, 5) is 0. The monoisotopic (exact) mass is 307 g/mol. The van der Waals surface area contributed by atoms with Gasteiger partial charge in [0.2, 0.25) is 0 Å². The van der Waals surface area contributed by atoms with Crippen molar-refractivity contribution in [1.29, 1.82) is 0 Å². The zero-order valence-electron chi connectivity index (χ0n) is 8.25. The van der Waals surface area contributed by atoms with Crippen LogP contribution in [-0.2, 0) is 6.42 Å². The van der Waals surface area contributed by atoms with Crippen molar-refractivity contribution in [2.24, 2.45) is 5.73 Å². The molecule has 0 unspecified atom stereocenters. The third kappa shape index (κ3) is 2.75. The van der Waals surface area contributed by atoms with Gasteiger partial charge in [0.05, 0.1) is 10.7 Å². The zero-order chi connectivity index (χ0) is 10.7. The Balaban J connectivity index is 3.04. The first-order chi connectivity index (χ1) is 6.54. The van der Waals surface area contributed by atoms with Gasteiger partial charge in [-0.15, -0.1) is 0 Å². The second-order valence-electron chi connectivity index (χ2n) is 3.30. The van der Waals surface area contributed by atoms with Crippen molar-refractivity contribution in [3.63, 3.8) is 0 Å². The van der Waals surface area contributed by atoms with Gasteiger partial charge in [0, 0.05) is 6.04 Å². The normalized spacial score (nSPS) is 12.6. The molecule has 0 aromatic heterocycles. The average Bonchev–Trinajstić information content (AvgIpc) is 2.09. The van der Waals surface area contributed by atoms with Gasteiger partial charge in [-0.3, -0.25) is 0 Å². The van der Waals surface area contributed by atoms with Crippen LogP contribution in [0.2, 0.25) is 0 Å². The van der Waals surface area contributed by atoms with Gasteiger partial charge in [0.15, 0.2) is 0 Å². The SMILES string of the molecule is COc1cc(C[C@@H](C)N)c(O)cc1I. The third-order valence-electron chi connectivity index (χ3n) is 1.89. The van der Waals surface area contributed by atoms with E-state index in [9.17, 15) is 5.11 Å². The molecule has 0 saturated heterocycles. The maximum absolute atomic E-state index is 9.64. The Labute approximate surface area is 97.4 Å². The quantitative estimate of drug-likeness (QED) is 0.839. The first kappa shape index (κ1) is 11.6. The van der Waals surface area contributed by atoms with E-state index < -0.39 is 0 Å². The van der Waals surface area contributed by atoms with Gasteiger partial charge >= 0.3 is 0 Å². The fourth-order valence-electron chi connectivity index (χ4n) is 1.25. The van der Waals surface area contributed by atoms with Gasteiger partial charge < -0.3 is 15.6 Å². The van der Waals surface area contributed by atoms with E-state index >= 15 is 0 Å². The number of phenolic OH excluding ortho intramolecular Hbond substituents is 1. The van der Waals surface area contributed by atoms with Crippen molar-refractivity contribution in [3.8, 4) is 11.5 Å². The highest BCUT2D eigenvalue weighted by Gasteiger charge is 2.09. The fraction of sp³-hybridized carbons (Fsp3) is 0.400. The highest BCUT2D eigenvalue weighted by molar-refractivity contribution is 14.1. The van der Waals surface area contributed by atoms with Crippen molar-refractivity contribution in [2.45, 2.75) is 19.4 Å². The van der Waals surface area contributed by atoms with Crippen LogP contribution in [0.15, 0.2) is 12.1 Å². The number of ether oxygens (including phenoxy) is 1. The van der Waals surface area contributed by atoms with Crippen LogP contribution in [0.1, 0.15) is 12.5 Å². The summed E-state index contributed by atoms with van der Waals surface area (Å²) in [6.07, 6.45) is 0.652. The van der Waals surface area contributed by atoms with Gasteiger partial charge in [-0.2, -0.15) is 0 Å². The summed E-state index contributed by atoms with van der Waals surface area (Å²) in [5.41, 5.74) is 6.50. The van der Waals surface area contributed by atoms with E-state index in [2.05, 4.69) is 22.6 Å². The van der Waals surface area contributed by atoms with Crippen LogP contribution in [-0.4, -0.2) is 18.3 Å². The maximum Gasteiger partial charge on any atom is 0.132 e. The van der Waals surface area contributed by atoms with Gasteiger partial charge in [0.1, 0.15) is 11.5 Å². The number of rotatable bonds is 3. The molecular weight excluding hydrogens is 293 g/mol. The Morgan fingerprint density at radius 2 is 2.21 bits per heavy atom. The molecule has 78 valence electrons. The van der Waals surface area contributed by atoms with Crippen LogP contribution < -0.4 is 10.5 Å². The molecule has 14 heavy (non-hydrogen) atoms. The molecule has 0 heterocycles. The lowest BCUT2D eigenvalue weighted by Crippen LogP contribution is -2.17. The second kappa shape index (κ2) is 4.84. The Morgan fingerprint density at radius 3 is 2.71 bits per heavy atom. The number of benzene rings is 1. The van der Waals surface area contributed by atoms with Gasteiger partial charge in [-0.25, -0.2) is 0 Å². The van der Waals surface area contributed by atoms with Gasteiger partial charge in [-0.05, 0) is 53.6 Å². The highest BCUT2D eigenvalue weighted by atomic mass is 127. The molecule has 3 nitrogen and oxygen atoms in total. The minimum absolute atomic E-state index is 0.0330. The Bertz CT molecular complexity index is 326. The van der Waals surface area contributed by atoms with E-state index in [1.807, 2.05) is 13.0 Å². The lowest BCUT2D eigenvalue weighted by Gasteiger charge is -2.11. The predicted molar refractivity (Wildman–Crippen MR) is 64.7 cm³/mol. The van der Waals surface area contributed by atoms with E-state index in [1.165, 1.54) is 0 Å². The van der Waals surface area contributed by atoms with Crippen molar-refractivity contribution in [1.82, 2.24) is 0 Å². The topological polar surface area (TPSA) is 55.5 Å². The molecule has 0 spiro atoms. The minimum Gasteiger partial charge on any atom is -0.508 e. The summed E-state index contributed by atoms with van der Waals surface area (Å²) in [7, 11) is 1.62. The number of nitrogens with two attached hydrogens (primary N) is 1. The first-order valence-corrected chi connectivity index (χ1v) is 5.43. The van der Waals surface area contributed by atoms with Crippen molar-refractivity contribution in [2.75, 3.05) is 7.11 Å². The molecule has 0 fully saturated rings. The predicted octanol–water partition coefficient (Wildman–Crippen LogP) is 1.90. The van der Waals surface area contributed by atoms with E-state index in [0.29, 0.717) is 6.42 Å². The zero-order valence-corrected chi connectivity index (χ0v) is 10.4. The van der Waals surface area contributed by atoms with Crippen LogP contribution in [0.25, 0.3) is 0 Å². The molecule has 3 N–H and O–H groups in total. The van der Waals surface area contributed by atoms with Crippen LogP contribution in [0, 0.1) is 3.57 Å². The molecule has 1 rings (SSSR count). The summed E-state index contributed by atoms with van der Waals surface area (Å²) >= 11 is 2.12. The number of hydrogen-bond acceptors (Lipinski definition) is 3. The number of halogens is 1. The molecule has 1 atom stereocenters. The summed E-state index contributed by atoms with van der Waals surface area (Å²) < 4.78 is 6.06. The van der Waals surface area contributed by atoms with Gasteiger partial charge in [-0.1, -0.05) is 0 Å². The van der Waals surface area contributed by atoms with E-state index in [1.54, 1.807) is 13.2 Å². The molecule has 0 radical (unpaired) electrons. The van der Waals surface area contributed by atoms with E-state index in [4.69, 9.17) is 10.5 Å². The van der Waals surface area contributed by atoms with Gasteiger partial charge in [0.25, 0.3) is 0 Å². The van der Waals surface area contributed by atoms with E-state index in [0.717, 1.165) is 14.9 Å². The third-order valence-corrected chi connectivity index (χ3v) is 2.74. The highest BCUT2D eigenvalue weighted by Crippen LogP contribution is 2.29. The fourth-order valence-corrected chi connectivity index (χ4v) is 1.92. The molecule has 4 heteroatoms. The van der Waals surface area contributed by atoms with E-state index in [-0.39, 0.29) is 11.8 Å². The van der Waals surface area contributed by atoms with Crippen LogP contribution in [0.3, 0.4) is 0 Å². The molecule has 1 aromatic carbocycles. The summed E-state index contributed by atoms with van der Waals surface area (Å²) in [6.45, 7) is 1.91. The summed E-state index contributed by atoms with van der Waals surface area (Å²) in [6, 6.07) is 3.56. The lowest BCUT2D eigenvalue weighted by atomic mass is 10.1. The Kier molecular flexibility index (Phi) is 4.00. The number of methoxy groups -OCH3 is 1. The first-order valence-electron chi connectivity index (χ1n) is 4.35. The molecular formula is C10H14INO2. The molecule has 0 saturated carbocycles.